The maximum absolute atomic E-state index is 2.69. The Kier molecular flexibility index (Phi) is 5.37. The summed E-state index contributed by atoms with van der Waals surface area (Å²) in [6.07, 6.45) is 0. The van der Waals surface area contributed by atoms with E-state index in [4.69, 9.17) is 0 Å². The van der Waals surface area contributed by atoms with Gasteiger partial charge >= 0.3 is 0 Å². The Balaban J connectivity index is 2.54. The monoisotopic (exact) mass is 141 g/mol. The number of rotatable bonds is 1. The molecule has 0 aromatic heterocycles. The van der Waals surface area contributed by atoms with Gasteiger partial charge in [0.1, 0.15) is 0 Å². The summed E-state index contributed by atoms with van der Waals surface area (Å²) >= 11 is 0. The van der Waals surface area contributed by atoms with Crippen molar-refractivity contribution in [3.63, 3.8) is 0 Å². The summed E-state index contributed by atoms with van der Waals surface area (Å²) in [6, 6.07) is 0. The van der Waals surface area contributed by atoms with Crippen LogP contribution < -0.4 is 0 Å². The molecule has 0 aromatic carbocycles. The Bertz CT molecular complexity index is 17.6. The molecule has 0 saturated carbocycles. The minimum absolute atomic E-state index is 0.0730. The molecule has 0 heterocycles. The molecule has 29 valence electrons. The number of hydrogen-bond donors (Lipinski definition) is 0. The Morgan fingerprint density at radius 2 is 1.60 bits per heavy atom. The molecule has 5 heteroatoms. The Labute approximate surface area is 41.6 Å². The second-order valence-electron chi connectivity index (χ2n) is 0.596. The van der Waals surface area contributed by atoms with Gasteiger partial charge < -0.3 is 0 Å². The van der Waals surface area contributed by atoms with Gasteiger partial charge in [0.25, 0.3) is 0 Å². The first-order valence-electron chi connectivity index (χ1n) is 1.11. The highest BCUT2D eigenvalue weighted by Crippen LogP contribution is 2.51. The largest absolute Gasteiger partial charge is 0.184 e. The molecule has 0 nitrogen and oxygen atoms in total. The van der Waals surface area contributed by atoms with Crippen molar-refractivity contribution >= 4 is 40.9 Å². The summed E-state index contributed by atoms with van der Waals surface area (Å²) < 4.78 is 0. The van der Waals surface area contributed by atoms with E-state index in [1.165, 1.54) is 0 Å². The summed E-state index contributed by atoms with van der Waals surface area (Å²) in [6.45, 7) is 2.07. The molecule has 5 heavy (non-hydrogen) atoms. The van der Waals surface area contributed by atoms with E-state index in [1.807, 2.05) is 0 Å². The predicted molar refractivity (Wildman–Crippen MR) is 41.8 cm³/mol. The summed E-state index contributed by atoms with van der Waals surface area (Å²) in [4.78, 5) is 0. The van der Waals surface area contributed by atoms with Gasteiger partial charge in [0, 0.05) is 0 Å². The molecule has 0 aliphatic rings. The van der Waals surface area contributed by atoms with Crippen LogP contribution in [0.4, 0.5) is 0 Å². The van der Waals surface area contributed by atoms with E-state index in [-0.39, 0.29) is 7.18 Å². The third-order valence-electron chi connectivity index (χ3n) is 0.172. The normalized spacial score (nSPS) is 8.80. The van der Waals surface area contributed by atoms with E-state index in [0.29, 0.717) is 0 Å². The maximum Gasteiger partial charge on any atom is 0.184 e. The lowest BCUT2D eigenvalue weighted by Gasteiger charge is -1.89. The summed E-state index contributed by atoms with van der Waals surface area (Å²) in [5.74, 6) is 0. The zero-order valence-electron chi connectivity index (χ0n) is 2.76. The molecule has 3 atom stereocenters. The second-order valence-corrected chi connectivity index (χ2v) is 8.05. The van der Waals surface area contributed by atoms with Gasteiger partial charge in [-0.05, 0) is 0 Å². The molecule has 1 radical (unpaired) electrons. The molecule has 0 rings (SSSR count). The quantitative estimate of drug-likeness (QED) is 0.382. The highest BCUT2D eigenvalue weighted by atomic mass is 32.4. The number of hydrogen-bond acceptors (Lipinski definition) is 0. The first-order chi connectivity index (χ1) is 2.27. The Morgan fingerprint density at radius 1 is 1.40 bits per heavy atom. The third-order valence-corrected chi connectivity index (χ3v) is 4.65. The Morgan fingerprint density at radius 3 is 1.60 bits per heavy atom. The average Bonchev–Trinajstić information content (AvgIpc) is 1.38. The van der Waals surface area contributed by atoms with E-state index in [9.17, 15) is 0 Å². The van der Waals surface area contributed by atoms with Crippen molar-refractivity contribution in [3.05, 3.63) is 0 Å². The van der Waals surface area contributed by atoms with Crippen molar-refractivity contribution in [2.75, 3.05) is 0 Å². The lowest BCUT2D eigenvalue weighted by Crippen LogP contribution is -1.48. The van der Waals surface area contributed by atoms with Gasteiger partial charge in [-0.2, -0.15) is 9.12 Å². The van der Waals surface area contributed by atoms with Crippen LogP contribution in [-0.4, -0.2) is 6.72 Å². The van der Waals surface area contributed by atoms with Crippen molar-refractivity contribution in [1.29, 1.82) is 0 Å². The molecule has 0 N–H and O–H groups in total. The molecule has 0 spiro atoms. The molecule has 0 fully saturated rings. The molecule has 0 aliphatic carbocycles. The zero-order chi connectivity index (χ0) is 4.28. The van der Waals surface area contributed by atoms with Crippen molar-refractivity contribution in [2.24, 2.45) is 0 Å². The minimum atomic E-state index is 0.0730. The first-order valence-corrected chi connectivity index (χ1v) is 6.42. The van der Waals surface area contributed by atoms with Crippen LogP contribution in [0, 0.1) is 0 Å². The fourth-order valence-electron chi connectivity index (χ4n) is 0. The second kappa shape index (κ2) is 3.96. The summed E-state index contributed by atoms with van der Waals surface area (Å²) in [5, 5.41) is 0. The summed E-state index contributed by atoms with van der Waals surface area (Å²) in [5.41, 5.74) is 0. The lowest BCUT2D eigenvalue weighted by atomic mass is 10.7. The van der Waals surface area contributed by atoms with Crippen LogP contribution in [0.5, 0.6) is 0 Å². The van der Waals surface area contributed by atoms with Crippen LogP contribution in [-0.2, 0) is 0 Å². The van der Waals surface area contributed by atoms with E-state index < -0.39 is 0 Å². The van der Waals surface area contributed by atoms with Gasteiger partial charge in [-0.3, -0.25) is 0 Å². The highest BCUT2D eigenvalue weighted by molar-refractivity contribution is 8.58. The van der Waals surface area contributed by atoms with Gasteiger partial charge in [-0.15, -0.1) is 25.0 Å². The fraction of sp³-hybridized carbons (Fsp3) is 0. The minimum Gasteiger partial charge on any atom is -0.171 e. The summed E-state index contributed by atoms with van der Waals surface area (Å²) in [7, 11) is 8.00. The Hall–Kier alpha value is 1.78. The first kappa shape index (κ1) is 6.78. The van der Waals surface area contributed by atoms with Crippen molar-refractivity contribution in [1.82, 2.24) is 0 Å². The van der Waals surface area contributed by atoms with E-state index in [2.05, 4.69) is 33.7 Å². The van der Waals surface area contributed by atoms with Crippen LogP contribution >= 0.6 is 34.2 Å². The maximum atomic E-state index is 2.69. The van der Waals surface area contributed by atoms with E-state index in [1.54, 1.807) is 0 Å². The van der Waals surface area contributed by atoms with Gasteiger partial charge in [0.05, 0.1) is 0 Å². The standard InChI is InChI=1S/BH6P4/c2-1-5(3)4/h2-4H2. The zero-order valence-corrected chi connectivity index (χ0v) is 7.12. The van der Waals surface area contributed by atoms with Crippen LogP contribution in [0.1, 0.15) is 0 Å². The highest BCUT2D eigenvalue weighted by Gasteiger charge is 1.82. The average molecular weight is 141 g/mol. The predicted octanol–water partition coefficient (Wildman–Crippen LogP) is 1.46. The van der Waals surface area contributed by atoms with E-state index >= 15 is 0 Å². The molecule has 0 aliphatic heterocycles. The van der Waals surface area contributed by atoms with Gasteiger partial charge in [-0.1, -0.05) is 0 Å². The third kappa shape index (κ3) is 5.78. The van der Waals surface area contributed by atoms with E-state index in [0.717, 1.165) is 0 Å². The molecule has 0 saturated heterocycles. The van der Waals surface area contributed by atoms with Crippen molar-refractivity contribution < 1.29 is 0 Å². The van der Waals surface area contributed by atoms with Crippen LogP contribution in [0.2, 0.25) is 0 Å². The van der Waals surface area contributed by atoms with Crippen molar-refractivity contribution in [3.8, 4) is 0 Å². The fourth-order valence-corrected chi connectivity index (χ4v) is 0. The molecule has 0 amide bonds. The topological polar surface area (TPSA) is 0 Å². The molecule has 0 aromatic rings. The van der Waals surface area contributed by atoms with Crippen LogP contribution in [0.25, 0.3) is 0 Å². The van der Waals surface area contributed by atoms with Gasteiger partial charge in [0.15, 0.2) is 6.72 Å². The van der Waals surface area contributed by atoms with Gasteiger partial charge in [0.2, 0.25) is 0 Å². The molecular formula is H6BP4. The molecule has 0 bridgehead atoms. The molecule has 3 unspecified atom stereocenters. The molecular weight excluding hydrogens is 135 g/mol. The SMILES string of the molecule is P[B]P(P)P. The lowest BCUT2D eigenvalue weighted by molar-refractivity contribution is 4.62. The van der Waals surface area contributed by atoms with Crippen LogP contribution in [0.3, 0.4) is 0 Å². The smallest absolute Gasteiger partial charge is 0.171 e. The van der Waals surface area contributed by atoms with Crippen molar-refractivity contribution in [2.45, 2.75) is 0 Å². The van der Waals surface area contributed by atoms with Gasteiger partial charge in [-0.25, -0.2) is 0 Å². The van der Waals surface area contributed by atoms with Crippen LogP contribution in [0.15, 0.2) is 0 Å².